The highest BCUT2D eigenvalue weighted by Gasteiger charge is 2.10. The monoisotopic (exact) mass is 223 g/mol. The fourth-order valence-corrected chi connectivity index (χ4v) is 3.05. The molecule has 1 fully saturated rings. The van der Waals surface area contributed by atoms with E-state index in [-0.39, 0.29) is 0 Å². The van der Waals surface area contributed by atoms with Crippen LogP contribution in [0.2, 0.25) is 0 Å². The lowest BCUT2D eigenvalue weighted by Gasteiger charge is -2.15. The van der Waals surface area contributed by atoms with Crippen molar-refractivity contribution in [2.24, 2.45) is 0 Å². The molecular weight excluding hydrogens is 202 g/mol. The van der Waals surface area contributed by atoms with Crippen molar-refractivity contribution in [2.45, 2.75) is 51.0 Å². The van der Waals surface area contributed by atoms with Crippen LogP contribution >= 0.6 is 11.3 Å². The molecule has 0 aliphatic heterocycles. The van der Waals surface area contributed by atoms with Gasteiger partial charge in [-0.15, -0.1) is 11.3 Å². The third-order valence-electron chi connectivity index (χ3n) is 3.24. The van der Waals surface area contributed by atoms with Gasteiger partial charge in [-0.05, 0) is 30.7 Å². The van der Waals surface area contributed by atoms with E-state index in [4.69, 9.17) is 0 Å². The van der Waals surface area contributed by atoms with Crippen LogP contribution in [0, 0.1) is 0 Å². The lowest BCUT2D eigenvalue weighted by molar-refractivity contribution is 0.464. The number of thiophene rings is 1. The summed E-state index contributed by atoms with van der Waals surface area (Å²) in [4.78, 5) is 1.51. The third-order valence-corrected chi connectivity index (χ3v) is 4.18. The van der Waals surface area contributed by atoms with Gasteiger partial charge < -0.3 is 5.32 Å². The van der Waals surface area contributed by atoms with E-state index in [0.29, 0.717) is 0 Å². The van der Waals surface area contributed by atoms with E-state index in [1.165, 1.54) is 49.8 Å². The fourth-order valence-electron chi connectivity index (χ4n) is 2.34. The Bertz CT molecular complexity index is 248. The van der Waals surface area contributed by atoms with Crippen LogP contribution in [-0.4, -0.2) is 12.6 Å². The minimum absolute atomic E-state index is 0.799. The Hall–Kier alpha value is -0.340. The first kappa shape index (κ1) is 11.2. The Balaban J connectivity index is 1.64. The second-order valence-electron chi connectivity index (χ2n) is 4.47. The molecule has 0 radical (unpaired) electrons. The maximum Gasteiger partial charge on any atom is 0.00671 e. The van der Waals surface area contributed by atoms with Crippen molar-refractivity contribution in [3.8, 4) is 0 Å². The van der Waals surface area contributed by atoms with Gasteiger partial charge in [0.15, 0.2) is 0 Å². The van der Waals surface area contributed by atoms with Crippen LogP contribution in [0.4, 0.5) is 0 Å². The zero-order valence-corrected chi connectivity index (χ0v) is 10.2. The zero-order chi connectivity index (χ0) is 10.3. The van der Waals surface area contributed by atoms with Gasteiger partial charge in [0.1, 0.15) is 0 Å². The van der Waals surface area contributed by atoms with Crippen LogP contribution in [0.15, 0.2) is 17.5 Å². The molecule has 1 heterocycles. The van der Waals surface area contributed by atoms with Crippen molar-refractivity contribution >= 4 is 11.3 Å². The smallest absolute Gasteiger partial charge is 0.00671 e. The van der Waals surface area contributed by atoms with Gasteiger partial charge in [0.2, 0.25) is 0 Å². The summed E-state index contributed by atoms with van der Waals surface area (Å²) in [6.07, 6.45) is 9.74. The highest BCUT2D eigenvalue weighted by molar-refractivity contribution is 7.09. The lowest BCUT2D eigenvalue weighted by atomic mass is 10.1. The highest BCUT2D eigenvalue weighted by Crippen LogP contribution is 2.17. The molecule has 0 amide bonds. The number of hydrogen-bond donors (Lipinski definition) is 1. The normalized spacial score (nSPS) is 18.9. The SMILES string of the molecule is c1csc(CCNC2CCCCCC2)c1. The van der Waals surface area contributed by atoms with Crippen molar-refractivity contribution < 1.29 is 0 Å². The maximum atomic E-state index is 3.71. The molecule has 2 rings (SSSR count). The average Bonchev–Trinajstić information content (AvgIpc) is 2.62. The molecule has 84 valence electrons. The molecular formula is C13H21NS. The Morgan fingerprint density at radius 1 is 1.20 bits per heavy atom. The van der Waals surface area contributed by atoms with Crippen LogP contribution in [-0.2, 0) is 6.42 Å². The molecule has 1 aromatic heterocycles. The minimum Gasteiger partial charge on any atom is -0.314 e. The lowest BCUT2D eigenvalue weighted by Crippen LogP contribution is -2.30. The van der Waals surface area contributed by atoms with Gasteiger partial charge in [0.05, 0.1) is 0 Å². The predicted octanol–water partition coefficient (Wildman–Crippen LogP) is 3.60. The molecule has 0 saturated heterocycles. The summed E-state index contributed by atoms with van der Waals surface area (Å²) in [6.45, 7) is 1.16. The summed E-state index contributed by atoms with van der Waals surface area (Å²) in [6, 6.07) is 5.18. The fraction of sp³-hybridized carbons (Fsp3) is 0.692. The Morgan fingerprint density at radius 2 is 2.00 bits per heavy atom. The van der Waals surface area contributed by atoms with E-state index >= 15 is 0 Å². The molecule has 0 spiro atoms. The van der Waals surface area contributed by atoms with E-state index in [1.807, 2.05) is 11.3 Å². The predicted molar refractivity (Wildman–Crippen MR) is 67.5 cm³/mol. The largest absolute Gasteiger partial charge is 0.314 e. The maximum absolute atomic E-state index is 3.71. The molecule has 1 nitrogen and oxygen atoms in total. The van der Waals surface area contributed by atoms with Crippen LogP contribution in [0.5, 0.6) is 0 Å². The van der Waals surface area contributed by atoms with Gasteiger partial charge in [-0.3, -0.25) is 0 Å². The molecule has 1 aliphatic carbocycles. The molecule has 0 unspecified atom stereocenters. The first-order valence-corrected chi connectivity index (χ1v) is 7.09. The summed E-state index contributed by atoms with van der Waals surface area (Å²) in [5.41, 5.74) is 0. The third kappa shape index (κ3) is 3.96. The number of nitrogens with one attached hydrogen (secondary N) is 1. The first-order valence-electron chi connectivity index (χ1n) is 6.21. The van der Waals surface area contributed by atoms with Crippen LogP contribution in [0.1, 0.15) is 43.4 Å². The molecule has 1 N–H and O–H groups in total. The average molecular weight is 223 g/mol. The van der Waals surface area contributed by atoms with Crippen molar-refractivity contribution in [2.75, 3.05) is 6.54 Å². The highest BCUT2D eigenvalue weighted by atomic mass is 32.1. The summed E-state index contributed by atoms with van der Waals surface area (Å²) in [5, 5.41) is 5.87. The van der Waals surface area contributed by atoms with Gasteiger partial charge in [-0.2, -0.15) is 0 Å². The van der Waals surface area contributed by atoms with Crippen LogP contribution < -0.4 is 5.32 Å². The molecule has 1 aliphatic rings. The topological polar surface area (TPSA) is 12.0 Å². The molecule has 15 heavy (non-hydrogen) atoms. The number of hydrogen-bond acceptors (Lipinski definition) is 2. The Morgan fingerprint density at radius 3 is 2.67 bits per heavy atom. The molecule has 0 atom stereocenters. The first-order chi connectivity index (χ1) is 7.45. The van der Waals surface area contributed by atoms with Crippen molar-refractivity contribution in [1.29, 1.82) is 0 Å². The van der Waals surface area contributed by atoms with E-state index < -0.39 is 0 Å². The summed E-state index contributed by atoms with van der Waals surface area (Å²) in [7, 11) is 0. The molecule has 0 bridgehead atoms. The quantitative estimate of drug-likeness (QED) is 0.769. The van der Waals surface area contributed by atoms with Crippen molar-refractivity contribution in [1.82, 2.24) is 5.32 Å². The van der Waals surface area contributed by atoms with Crippen LogP contribution in [0.25, 0.3) is 0 Å². The zero-order valence-electron chi connectivity index (χ0n) is 9.37. The standard InChI is InChI=1S/C13H21NS/c1-2-4-7-12(6-3-1)14-10-9-13-8-5-11-15-13/h5,8,11-12,14H,1-4,6-7,9-10H2. The van der Waals surface area contributed by atoms with Crippen LogP contribution in [0.3, 0.4) is 0 Å². The van der Waals surface area contributed by atoms with E-state index in [1.54, 1.807) is 0 Å². The molecule has 1 saturated carbocycles. The number of rotatable bonds is 4. The van der Waals surface area contributed by atoms with Gasteiger partial charge in [0, 0.05) is 17.5 Å². The van der Waals surface area contributed by atoms with E-state index in [2.05, 4.69) is 22.8 Å². The van der Waals surface area contributed by atoms with Gasteiger partial charge in [0.25, 0.3) is 0 Å². The Kier molecular flexibility index (Phi) is 4.68. The summed E-state index contributed by atoms with van der Waals surface area (Å²) >= 11 is 1.87. The minimum atomic E-state index is 0.799. The van der Waals surface area contributed by atoms with Crippen molar-refractivity contribution in [3.05, 3.63) is 22.4 Å². The molecule has 1 aromatic rings. The molecule has 0 aromatic carbocycles. The van der Waals surface area contributed by atoms with Crippen molar-refractivity contribution in [3.63, 3.8) is 0 Å². The summed E-state index contributed by atoms with van der Waals surface area (Å²) < 4.78 is 0. The Labute approximate surface area is 96.9 Å². The van der Waals surface area contributed by atoms with Gasteiger partial charge >= 0.3 is 0 Å². The summed E-state index contributed by atoms with van der Waals surface area (Å²) in [5.74, 6) is 0. The molecule has 2 heteroatoms. The van der Waals surface area contributed by atoms with Gasteiger partial charge in [-0.25, -0.2) is 0 Å². The second-order valence-corrected chi connectivity index (χ2v) is 5.50. The second kappa shape index (κ2) is 6.29. The van der Waals surface area contributed by atoms with E-state index in [9.17, 15) is 0 Å². The van der Waals surface area contributed by atoms with Gasteiger partial charge in [-0.1, -0.05) is 31.7 Å². The van der Waals surface area contributed by atoms with E-state index in [0.717, 1.165) is 12.6 Å².